The van der Waals surface area contributed by atoms with E-state index < -0.39 is 5.97 Å². The van der Waals surface area contributed by atoms with E-state index in [0.29, 0.717) is 16.8 Å². The molecule has 3 aromatic rings. The quantitative estimate of drug-likeness (QED) is 0.454. The summed E-state index contributed by atoms with van der Waals surface area (Å²) in [5.41, 5.74) is 2.48. The minimum atomic E-state index is -0.436. The lowest BCUT2D eigenvalue weighted by atomic mass is 10.1. The van der Waals surface area contributed by atoms with E-state index in [4.69, 9.17) is 17.0 Å². The van der Waals surface area contributed by atoms with Gasteiger partial charge < -0.3 is 19.9 Å². The second-order valence-electron chi connectivity index (χ2n) is 7.98. The van der Waals surface area contributed by atoms with E-state index in [2.05, 4.69) is 27.5 Å². The molecular formula is C25H26N4O3S. The predicted octanol–water partition coefficient (Wildman–Crippen LogP) is 3.51. The fourth-order valence-electron chi connectivity index (χ4n) is 3.86. The number of piperazine rings is 1. The molecule has 1 aliphatic heterocycles. The van der Waals surface area contributed by atoms with E-state index >= 15 is 0 Å². The average Bonchev–Trinajstić information content (AvgIpc) is 2.83. The van der Waals surface area contributed by atoms with Crippen molar-refractivity contribution in [1.82, 2.24) is 10.2 Å². The number of carbonyl (C=O) groups is 2. The first-order valence-corrected chi connectivity index (χ1v) is 11.1. The summed E-state index contributed by atoms with van der Waals surface area (Å²) in [5.74, 6) is -0.738. The molecule has 0 atom stereocenters. The molecule has 0 radical (unpaired) electrons. The molecule has 170 valence electrons. The van der Waals surface area contributed by atoms with Crippen molar-refractivity contribution in [3.8, 4) is 0 Å². The molecule has 33 heavy (non-hydrogen) atoms. The van der Waals surface area contributed by atoms with Gasteiger partial charge in [0, 0.05) is 31.7 Å². The maximum atomic E-state index is 12.8. The lowest BCUT2D eigenvalue weighted by Gasteiger charge is -2.35. The van der Waals surface area contributed by atoms with Crippen molar-refractivity contribution in [2.24, 2.45) is 0 Å². The highest BCUT2D eigenvalue weighted by molar-refractivity contribution is 7.80. The molecule has 0 aliphatic carbocycles. The van der Waals surface area contributed by atoms with Crippen LogP contribution in [0.3, 0.4) is 0 Å². The normalized spacial score (nSPS) is 14.1. The number of nitrogens with one attached hydrogen (secondary N) is 2. The average molecular weight is 463 g/mol. The van der Waals surface area contributed by atoms with Crippen LogP contribution >= 0.6 is 12.2 Å². The molecule has 0 bridgehead atoms. The summed E-state index contributed by atoms with van der Waals surface area (Å²) in [4.78, 5) is 29.4. The number of esters is 1. The number of hydrogen-bond acceptors (Lipinski definition) is 6. The number of hydrogen-bond donors (Lipinski definition) is 2. The minimum absolute atomic E-state index is 0.158. The molecule has 7 nitrogen and oxygen atoms in total. The number of likely N-dealkylation sites (N-methyl/N-ethyl adjacent to an activating group) is 1. The van der Waals surface area contributed by atoms with Crippen molar-refractivity contribution in [3.05, 3.63) is 71.8 Å². The zero-order valence-electron chi connectivity index (χ0n) is 18.6. The second kappa shape index (κ2) is 9.97. The molecule has 0 saturated carbocycles. The summed E-state index contributed by atoms with van der Waals surface area (Å²) in [6.07, 6.45) is 0. The van der Waals surface area contributed by atoms with Gasteiger partial charge in [0.25, 0.3) is 5.91 Å². The Morgan fingerprint density at radius 2 is 1.61 bits per heavy atom. The minimum Gasteiger partial charge on any atom is -0.465 e. The van der Waals surface area contributed by atoms with E-state index in [9.17, 15) is 9.59 Å². The van der Waals surface area contributed by atoms with Gasteiger partial charge in [-0.25, -0.2) is 4.79 Å². The highest BCUT2D eigenvalue weighted by Gasteiger charge is 2.20. The maximum absolute atomic E-state index is 12.8. The summed E-state index contributed by atoms with van der Waals surface area (Å²) in [6, 6.07) is 18.7. The molecular weight excluding hydrogens is 436 g/mol. The van der Waals surface area contributed by atoms with E-state index in [1.54, 1.807) is 18.2 Å². The van der Waals surface area contributed by atoms with E-state index in [0.717, 1.165) is 42.6 Å². The van der Waals surface area contributed by atoms with Gasteiger partial charge in [-0.1, -0.05) is 30.3 Å². The molecule has 1 fully saturated rings. The number of benzene rings is 3. The van der Waals surface area contributed by atoms with Crippen LogP contribution in [0.4, 0.5) is 11.4 Å². The van der Waals surface area contributed by atoms with Crippen molar-refractivity contribution in [3.63, 3.8) is 0 Å². The van der Waals surface area contributed by atoms with Gasteiger partial charge in [-0.3, -0.25) is 10.1 Å². The lowest BCUT2D eigenvalue weighted by molar-refractivity contribution is 0.0600. The number of methoxy groups -OCH3 is 1. The highest BCUT2D eigenvalue weighted by atomic mass is 32.1. The number of rotatable bonds is 4. The van der Waals surface area contributed by atoms with Gasteiger partial charge in [0.15, 0.2) is 5.11 Å². The van der Waals surface area contributed by atoms with E-state index in [1.807, 2.05) is 42.5 Å². The zero-order chi connectivity index (χ0) is 23.4. The Kier molecular flexibility index (Phi) is 6.86. The largest absolute Gasteiger partial charge is 0.465 e. The fourth-order valence-corrected chi connectivity index (χ4v) is 4.07. The Balaban J connectivity index is 1.53. The summed E-state index contributed by atoms with van der Waals surface area (Å²) in [7, 11) is 3.44. The first-order chi connectivity index (χ1) is 15.9. The Hall–Kier alpha value is -3.49. The number of thiocarbonyl (C=S) groups is 1. The molecule has 4 rings (SSSR count). The van der Waals surface area contributed by atoms with Crippen LogP contribution < -0.4 is 15.5 Å². The Labute approximate surface area is 198 Å². The maximum Gasteiger partial charge on any atom is 0.337 e. The third kappa shape index (κ3) is 5.30. The molecule has 0 spiro atoms. The van der Waals surface area contributed by atoms with Crippen LogP contribution in [0.2, 0.25) is 0 Å². The summed E-state index contributed by atoms with van der Waals surface area (Å²) < 4.78 is 4.86. The Bertz CT molecular complexity index is 1210. The van der Waals surface area contributed by atoms with Crippen molar-refractivity contribution in [2.75, 3.05) is 50.6 Å². The number of nitrogens with zero attached hydrogens (tertiary/aromatic N) is 2. The molecule has 0 unspecified atom stereocenters. The second-order valence-corrected chi connectivity index (χ2v) is 8.39. The third-order valence-corrected chi connectivity index (χ3v) is 5.95. The topological polar surface area (TPSA) is 73.9 Å². The summed E-state index contributed by atoms with van der Waals surface area (Å²) in [6.45, 7) is 3.56. The molecule has 1 amide bonds. The van der Waals surface area contributed by atoms with Crippen LogP contribution in [-0.2, 0) is 4.74 Å². The summed E-state index contributed by atoms with van der Waals surface area (Å²) in [5, 5.41) is 8.06. The standard InChI is InChI=1S/C25H26N4O3S/c1-28-11-13-29(14-12-28)22-10-9-20(24(31)32-2)16-21(22)26-25(33)27-23(30)19-8-7-17-5-3-4-6-18(17)15-19/h3-10,15-16H,11-14H2,1-2H3,(H2,26,27,30,33). The van der Waals surface area contributed by atoms with Crippen LogP contribution in [0.1, 0.15) is 20.7 Å². The lowest BCUT2D eigenvalue weighted by Crippen LogP contribution is -2.45. The number of ether oxygens (including phenoxy) is 1. The van der Waals surface area contributed by atoms with Gasteiger partial charge in [0.05, 0.1) is 24.0 Å². The Morgan fingerprint density at radius 3 is 2.33 bits per heavy atom. The first-order valence-electron chi connectivity index (χ1n) is 10.7. The van der Waals surface area contributed by atoms with Crippen LogP contribution in [-0.4, -0.2) is 62.2 Å². The number of fused-ring (bicyclic) bond motifs is 1. The fraction of sp³-hybridized carbons (Fsp3) is 0.240. The van der Waals surface area contributed by atoms with Crippen LogP contribution in [0.5, 0.6) is 0 Å². The van der Waals surface area contributed by atoms with Crippen LogP contribution in [0.15, 0.2) is 60.7 Å². The van der Waals surface area contributed by atoms with Gasteiger partial charge in [-0.2, -0.15) is 0 Å². The Morgan fingerprint density at radius 1 is 0.909 bits per heavy atom. The monoisotopic (exact) mass is 462 g/mol. The smallest absolute Gasteiger partial charge is 0.337 e. The van der Waals surface area contributed by atoms with Gasteiger partial charge in [0.2, 0.25) is 0 Å². The zero-order valence-corrected chi connectivity index (χ0v) is 19.4. The summed E-state index contributed by atoms with van der Waals surface area (Å²) >= 11 is 5.44. The van der Waals surface area contributed by atoms with Crippen LogP contribution in [0.25, 0.3) is 10.8 Å². The van der Waals surface area contributed by atoms with Gasteiger partial charge in [-0.15, -0.1) is 0 Å². The molecule has 8 heteroatoms. The van der Waals surface area contributed by atoms with Gasteiger partial charge >= 0.3 is 5.97 Å². The predicted molar refractivity (Wildman–Crippen MR) is 135 cm³/mol. The van der Waals surface area contributed by atoms with Gasteiger partial charge in [-0.05, 0) is 60.4 Å². The third-order valence-electron chi connectivity index (χ3n) is 5.75. The molecule has 1 aliphatic rings. The van der Waals surface area contributed by atoms with Crippen molar-refractivity contribution < 1.29 is 14.3 Å². The molecule has 1 heterocycles. The highest BCUT2D eigenvalue weighted by Crippen LogP contribution is 2.28. The van der Waals surface area contributed by atoms with Crippen molar-refractivity contribution in [2.45, 2.75) is 0 Å². The van der Waals surface area contributed by atoms with Crippen molar-refractivity contribution >= 4 is 51.4 Å². The van der Waals surface area contributed by atoms with E-state index in [1.165, 1.54) is 7.11 Å². The molecule has 1 saturated heterocycles. The van der Waals surface area contributed by atoms with Gasteiger partial charge in [0.1, 0.15) is 0 Å². The molecule has 3 aromatic carbocycles. The number of amides is 1. The van der Waals surface area contributed by atoms with Crippen molar-refractivity contribution in [1.29, 1.82) is 0 Å². The number of carbonyl (C=O) groups excluding carboxylic acids is 2. The molecule has 2 N–H and O–H groups in total. The first kappa shape index (κ1) is 22.7. The number of anilines is 2. The van der Waals surface area contributed by atoms with Crippen LogP contribution in [0, 0.1) is 0 Å². The van der Waals surface area contributed by atoms with E-state index in [-0.39, 0.29) is 11.0 Å². The molecule has 0 aromatic heterocycles. The SMILES string of the molecule is COC(=O)c1ccc(N2CCN(C)CC2)c(NC(=S)NC(=O)c2ccc3ccccc3c2)c1.